The second-order valence-electron chi connectivity index (χ2n) is 5.83. The number of aliphatic carboxylic acids is 1. The molecule has 0 fully saturated rings. The monoisotopic (exact) mass is 337 g/mol. The number of benzene rings is 1. The molecule has 1 aromatic rings. The summed E-state index contributed by atoms with van der Waals surface area (Å²) in [4.78, 5) is 23.7. The Kier molecular flexibility index (Phi) is 7.07. The zero-order valence-corrected chi connectivity index (χ0v) is 15.0. The molecule has 134 valence electrons. The minimum absolute atomic E-state index is 0.110. The molecule has 0 aliphatic carbocycles. The summed E-state index contributed by atoms with van der Waals surface area (Å²) in [5.74, 6) is 0.0515. The molecule has 6 nitrogen and oxygen atoms in total. The van der Waals surface area contributed by atoms with Crippen molar-refractivity contribution in [3.8, 4) is 11.5 Å². The van der Waals surface area contributed by atoms with Crippen molar-refractivity contribution in [1.29, 1.82) is 0 Å². The van der Waals surface area contributed by atoms with Gasteiger partial charge in [-0.25, -0.2) is 0 Å². The van der Waals surface area contributed by atoms with Gasteiger partial charge in [0.2, 0.25) is 5.91 Å². The minimum Gasteiger partial charge on any atom is -0.493 e. The van der Waals surface area contributed by atoms with Crippen LogP contribution in [0.25, 0.3) is 0 Å². The van der Waals surface area contributed by atoms with Gasteiger partial charge in [-0.15, -0.1) is 0 Å². The number of ether oxygens (including phenoxy) is 2. The molecule has 0 radical (unpaired) electrons. The highest BCUT2D eigenvalue weighted by Crippen LogP contribution is 2.37. The fourth-order valence-corrected chi connectivity index (χ4v) is 2.92. The van der Waals surface area contributed by atoms with E-state index in [1.54, 1.807) is 27.2 Å². The minimum atomic E-state index is -0.937. The van der Waals surface area contributed by atoms with Crippen molar-refractivity contribution in [3.63, 3.8) is 0 Å². The Morgan fingerprint density at radius 1 is 1.17 bits per heavy atom. The molecule has 0 aliphatic rings. The van der Waals surface area contributed by atoms with Crippen LogP contribution < -0.4 is 14.8 Å². The van der Waals surface area contributed by atoms with Crippen LogP contribution in [0.4, 0.5) is 0 Å². The van der Waals surface area contributed by atoms with Crippen molar-refractivity contribution >= 4 is 11.9 Å². The first-order chi connectivity index (χ1) is 11.3. The van der Waals surface area contributed by atoms with Crippen LogP contribution in [-0.4, -0.2) is 37.2 Å². The van der Waals surface area contributed by atoms with E-state index >= 15 is 0 Å². The lowest BCUT2D eigenvalue weighted by atomic mass is 9.74. The lowest BCUT2D eigenvalue weighted by molar-refractivity contribution is -0.137. The number of rotatable bonds is 9. The third kappa shape index (κ3) is 4.19. The molecule has 0 spiro atoms. The molecule has 2 N–H and O–H groups in total. The molecule has 1 rings (SSSR count). The Labute approximate surface area is 143 Å². The van der Waals surface area contributed by atoms with Crippen molar-refractivity contribution in [1.82, 2.24) is 5.32 Å². The average molecular weight is 337 g/mol. The van der Waals surface area contributed by atoms with Crippen molar-refractivity contribution in [2.75, 3.05) is 14.2 Å². The molecule has 1 aromatic carbocycles. The van der Waals surface area contributed by atoms with Crippen LogP contribution in [0.15, 0.2) is 18.2 Å². The maximum absolute atomic E-state index is 12.9. The number of methoxy groups -OCH3 is 2. The molecule has 0 heterocycles. The molecule has 0 saturated carbocycles. The largest absolute Gasteiger partial charge is 0.493 e. The number of amides is 1. The van der Waals surface area contributed by atoms with Gasteiger partial charge in [-0.3, -0.25) is 9.59 Å². The van der Waals surface area contributed by atoms with Crippen LogP contribution in [-0.2, 0) is 15.0 Å². The summed E-state index contributed by atoms with van der Waals surface area (Å²) in [5.41, 5.74) is 0.0805. The standard InChI is InChI=1S/C18H27NO5/c1-6-18(7-2,17(22)19-12(3)10-16(20)21)13-8-9-14(23-4)15(11-13)24-5/h8-9,11-12H,6-7,10H2,1-5H3,(H,19,22)(H,20,21). The summed E-state index contributed by atoms with van der Waals surface area (Å²) >= 11 is 0. The predicted octanol–water partition coefficient (Wildman–Crippen LogP) is 2.74. The molecule has 6 heteroatoms. The molecular weight excluding hydrogens is 310 g/mol. The van der Waals surface area contributed by atoms with Gasteiger partial charge in [0.15, 0.2) is 11.5 Å². The quantitative estimate of drug-likeness (QED) is 0.724. The maximum atomic E-state index is 12.9. The summed E-state index contributed by atoms with van der Waals surface area (Å²) in [7, 11) is 3.11. The van der Waals surface area contributed by atoms with Crippen LogP contribution in [0, 0.1) is 0 Å². The number of hydrogen-bond donors (Lipinski definition) is 2. The number of carboxylic acid groups (broad SMARTS) is 1. The zero-order valence-electron chi connectivity index (χ0n) is 15.0. The van der Waals surface area contributed by atoms with Crippen molar-refractivity contribution in [2.45, 2.75) is 51.5 Å². The first-order valence-electron chi connectivity index (χ1n) is 8.09. The highest BCUT2D eigenvalue weighted by molar-refractivity contribution is 5.89. The Morgan fingerprint density at radius 2 is 1.75 bits per heavy atom. The van der Waals surface area contributed by atoms with Crippen LogP contribution in [0.1, 0.15) is 45.6 Å². The topological polar surface area (TPSA) is 84.9 Å². The first kappa shape index (κ1) is 19.8. The molecule has 0 aromatic heterocycles. The summed E-state index contributed by atoms with van der Waals surface area (Å²) in [6.45, 7) is 5.58. The van der Waals surface area contributed by atoms with E-state index in [0.29, 0.717) is 24.3 Å². The summed E-state index contributed by atoms with van der Waals surface area (Å²) < 4.78 is 10.6. The van der Waals surface area contributed by atoms with Crippen molar-refractivity contribution < 1.29 is 24.2 Å². The van der Waals surface area contributed by atoms with Crippen molar-refractivity contribution in [2.24, 2.45) is 0 Å². The molecule has 1 unspecified atom stereocenters. The number of nitrogens with one attached hydrogen (secondary N) is 1. The lowest BCUT2D eigenvalue weighted by Crippen LogP contribution is -2.47. The van der Waals surface area contributed by atoms with Crippen molar-refractivity contribution in [3.05, 3.63) is 23.8 Å². The number of carboxylic acids is 1. The first-order valence-corrected chi connectivity index (χ1v) is 8.09. The second-order valence-corrected chi connectivity index (χ2v) is 5.83. The van der Waals surface area contributed by atoms with Gasteiger partial charge in [0.25, 0.3) is 0 Å². The van der Waals surface area contributed by atoms with E-state index in [-0.39, 0.29) is 12.3 Å². The van der Waals surface area contributed by atoms with E-state index in [2.05, 4.69) is 5.32 Å². The second kappa shape index (κ2) is 8.57. The van der Waals surface area contributed by atoms with E-state index in [0.717, 1.165) is 5.56 Å². The van der Waals surface area contributed by atoms with E-state index in [1.807, 2.05) is 26.0 Å². The van der Waals surface area contributed by atoms with Crippen LogP contribution >= 0.6 is 0 Å². The van der Waals surface area contributed by atoms with Gasteiger partial charge in [0, 0.05) is 6.04 Å². The van der Waals surface area contributed by atoms with Crippen LogP contribution in [0.3, 0.4) is 0 Å². The highest BCUT2D eigenvalue weighted by atomic mass is 16.5. The fraction of sp³-hybridized carbons (Fsp3) is 0.556. The number of carbonyl (C=O) groups is 2. The van der Waals surface area contributed by atoms with Gasteiger partial charge in [0.1, 0.15) is 0 Å². The van der Waals surface area contributed by atoms with Gasteiger partial charge in [-0.2, -0.15) is 0 Å². The van der Waals surface area contributed by atoms with E-state index < -0.39 is 17.4 Å². The number of carbonyl (C=O) groups excluding carboxylic acids is 1. The van der Waals surface area contributed by atoms with E-state index in [1.165, 1.54) is 0 Å². The molecule has 24 heavy (non-hydrogen) atoms. The van der Waals surface area contributed by atoms with Crippen LogP contribution in [0.5, 0.6) is 11.5 Å². The summed E-state index contributed by atoms with van der Waals surface area (Å²) in [5, 5.41) is 11.7. The Balaban J connectivity index is 3.19. The Bertz CT molecular complexity index is 581. The fourth-order valence-electron chi connectivity index (χ4n) is 2.92. The molecule has 0 aliphatic heterocycles. The van der Waals surface area contributed by atoms with Gasteiger partial charge < -0.3 is 19.9 Å². The maximum Gasteiger partial charge on any atom is 0.305 e. The number of hydrogen-bond acceptors (Lipinski definition) is 4. The van der Waals surface area contributed by atoms with Gasteiger partial charge in [0.05, 0.1) is 26.1 Å². The molecular formula is C18H27NO5. The lowest BCUT2D eigenvalue weighted by Gasteiger charge is -2.32. The predicted molar refractivity (Wildman–Crippen MR) is 91.7 cm³/mol. The van der Waals surface area contributed by atoms with Gasteiger partial charge in [-0.1, -0.05) is 19.9 Å². The SMILES string of the molecule is CCC(CC)(C(=O)NC(C)CC(=O)O)c1ccc(OC)c(OC)c1. The summed E-state index contributed by atoms with van der Waals surface area (Å²) in [6, 6.07) is 5.01. The smallest absolute Gasteiger partial charge is 0.305 e. The van der Waals surface area contributed by atoms with E-state index in [9.17, 15) is 9.59 Å². The third-order valence-corrected chi connectivity index (χ3v) is 4.44. The van der Waals surface area contributed by atoms with Gasteiger partial charge in [-0.05, 0) is 37.5 Å². The summed E-state index contributed by atoms with van der Waals surface area (Å²) in [6.07, 6.45) is 1.07. The molecule has 1 amide bonds. The average Bonchev–Trinajstić information content (AvgIpc) is 2.55. The Hall–Kier alpha value is -2.24. The molecule has 1 atom stereocenters. The Morgan fingerprint density at radius 3 is 2.21 bits per heavy atom. The van der Waals surface area contributed by atoms with Crippen LogP contribution in [0.2, 0.25) is 0 Å². The molecule has 0 saturated heterocycles. The van der Waals surface area contributed by atoms with Gasteiger partial charge >= 0.3 is 5.97 Å². The third-order valence-electron chi connectivity index (χ3n) is 4.44. The zero-order chi connectivity index (χ0) is 18.3. The highest BCUT2D eigenvalue weighted by Gasteiger charge is 2.38. The van der Waals surface area contributed by atoms with E-state index in [4.69, 9.17) is 14.6 Å². The molecule has 0 bridgehead atoms. The normalized spacial score (nSPS) is 12.4.